The highest BCUT2D eigenvalue weighted by Gasteiger charge is 2.31. The molecule has 0 bridgehead atoms. The number of hydrogen-bond acceptors (Lipinski definition) is 7. The zero-order valence-electron chi connectivity index (χ0n) is 18.3. The molecule has 31 heavy (non-hydrogen) atoms. The molecule has 2 aromatic heterocycles. The molecule has 3 heterocycles. The lowest BCUT2D eigenvalue weighted by Crippen LogP contribution is -2.45. The molecule has 0 spiro atoms. The van der Waals surface area contributed by atoms with Crippen LogP contribution in [0.1, 0.15) is 48.3 Å². The number of likely N-dealkylation sites (tertiary alicyclic amines) is 1. The van der Waals surface area contributed by atoms with Crippen LogP contribution in [0.5, 0.6) is 5.75 Å². The second kappa shape index (κ2) is 8.83. The Bertz CT molecular complexity index is 1060. The highest BCUT2D eigenvalue weighted by atomic mass is 16.5. The summed E-state index contributed by atoms with van der Waals surface area (Å²) in [4.78, 5) is 27.9. The van der Waals surface area contributed by atoms with Gasteiger partial charge in [0, 0.05) is 25.2 Å². The van der Waals surface area contributed by atoms with E-state index in [1.807, 2.05) is 36.9 Å². The second-order valence-corrected chi connectivity index (χ2v) is 8.13. The molecule has 2 unspecified atom stereocenters. The molecule has 8 heteroatoms. The second-order valence-electron chi connectivity index (χ2n) is 8.13. The summed E-state index contributed by atoms with van der Waals surface area (Å²) in [5.41, 5.74) is 3.70. The summed E-state index contributed by atoms with van der Waals surface area (Å²) in [6.45, 7) is 8.99. The van der Waals surface area contributed by atoms with Crippen molar-refractivity contribution in [1.29, 1.82) is 0 Å². The van der Waals surface area contributed by atoms with Gasteiger partial charge in [-0.25, -0.2) is 4.98 Å². The average Bonchev–Trinajstić information content (AvgIpc) is 3.27. The van der Waals surface area contributed by atoms with Gasteiger partial charge in [0.15, 0.2) is 11.9 Å². The van der Waals surface area contributed by atoms with Crippen molar-refractivity contribution in [3.8, 4) is 17.3 Å². The highest BCUT2D eigenvalue weighted by Crippen LogP contribution is 2.27. The fourth-order valence-electron chi connectivity index (χ4n) is 3.69. The van der Waals surface area contributed by atoms with Gasteiger partial charge in [-0.2, -0.15) is 4.98 Å². The van der Waals surface area contributed by atoms with E-state index in [1.165, 1.54) is 5.56 Å². The summed E-state index contributed by atoms with van der Waals surface area (Å²) < 4.78 is 11.3. The maximum atomic E-state index is 13.0. The smallest absolute Gasteiger partial charge is 0.278 e. The first-order valence-electron chi connectivity index (χ1n) is 10.6. The number of rotatable bonds is 5. The minimum atomic E-state index is -0.565. The summed E-state index contributed by atoms with van der Waals surface area (Å²) in [5, 5.41) is 4.14. The molecule has 0 N–H and O–H groups in total. The van der Waals surface area contributed by atoms with Crippen LogP contribution in [-0.4, -0.2) is 50.1 Å². The third-order valence-electron chi connectivity index (χ3n) is 5.68. The van der Waals surface area contributed by atoms with E-state index in [2.05, 4.69) is 27.0 Å². The van der Waals surface area contributed by atoms with Gasteiger partial charge in [-0.05, 0) is 63.8 Å². The molecule has 0 radical (unpaired) electrons. The van der Waals surface area contributed by atoms with Crippen molar-refractivity contribution >= 4 is 5.91 Å². The quantitative estimate of drug-likeness (QED) is 0.621. The number of amides is 1. The summed E-state index contributed by atoms with van der Waals surface area (Å²) in [7, 11) is 0. The van der Waals surface area contributed by atoms with Crippen molar-refractivity contribution in [1.82, 2.24) is 25.0 Å². The van der Waals surface area contributed by atoms with Gasteiger partial charge < -0.3 is 14.2 Å². The van der Waals surface area contributed by atoms with Crippen LogP contribution >= 0.6 is 0 Å². The van der Waals surface area contributed by atoms with Crippen LogP contribution in [0.4, 0.5) is 0 Å². The molecule has 1 aliphatic rings. The summed E-state index contributed by atoms with van der Waals surface area (Å²) in [6.07, 6.45) is 4.49. The predicted octanol–water partition coefficient (Wildman–Crippen LogP) is 3.63. The monoisotopic (exact) mass is 421 g/mol. The van der Waals surface area contributed by atoms with Gasteiger partial charge in [0.1, 0.15) is 11.4 Å². The predicted molar refractivity (Wildman–Crippen MR) is 115 cm³/mol. The van der Waals surface area contributed by atoms with E-state index in [1.54, 1.807) is 19.3 Å². The molecule has 4 rings (SSSR count). The number of ether oxygens (including phenoxy) is 1. The Morgan fingerprint density at radius 3 is 2.77 bits per heavy atom. The molecule has 1 saturated heterocycles. The van der Waals surface area contributed by atoms with Gasteiger partial charge in [0.2, 0.25) is 0 Å². The molecule has 3 aromatic rings. The van der Waals surface area contributed by atoms with E-state index in [0.29, 0.717) is 36.2 Å². The first-order valence-corrected chi connectivity index (χ1v) is 10.6. The minimum Gasteiger partial charge on any atom is -0.481 e. The molecule has 1 aliphatic heterocycles. The van der Waals surface area contributed by atoms with Crippen molar-refractivity contribution < 1.29 is 14.1 Å². The molecule has 162 valence electrons. The molecule has 8 nitrogen and oxygen atoms in total. The first-order chi connectivity index (χ1) is 14.9. The number of benzene rings is 1. The first kappa shape index (κ1) is 21.0. The Hall–Kier alpha value is -3.29. The van der Waals surface area contributed by atoms with Crippen molar-refractivity contribution in [2.24, 2.45) is 0 Å². The molecule has 0 saturated carbocycles. The lowest BCUT2D eigenvalue weighted by atomic mass is 9.97. The number of nitrogens with zero attached hydrogens (tertiary/aromatic N) is 5. The summed E-state index contributed by atoms with van der Waals surface area (Å²) in [6, 6.07) is 5.87. The van der Waals surface area contributed by atoms with Crippen LogP contribution in [0.25, 0.3) is 11.6 Å². The van der Waals surface area contributed by atoms with Gasteiger partial charge in [-0.1, -0.05) is 11.2 Å². The van der Waals surface area contributed by atoms with E-state index in [0.717, 1.165) is 24.1 Å². The van der Waals surface area contributed by atoms with E-state index < -0.39 is 6.10 Å². The molecule has 0 aliphatic carbocycles. The van der Waals surface area contributed by atoms with Crippen LogP contribution < -0.4 is 4.74 Å². The zero-order chi connectivity index (χ0) is 22.0. The van der Waals surface area contributed by atoms with Gasteiger partial charge in [0.05, 0.1) is 11.9 Å². The largest absolute Gasteiger partial charge is 0.481 e. The molecule has 1 fully saturated rings. The summed E-state index contributed by atoms with van der Waals surface area (Å²) >= 11 is 0. The third kappa shape index (κ3) is 4.73. The normalized spacial score (nSPS) is 17.4. The van der Waals surface area contributed by atoms with Crippen molar-refractivity contribution in [2.45, 2.75) is 52.6 Å². The number of piperidine rings is 1. The average molecular weight is 422 g/mol. The highest BCUT2D eigenvalue weighted by molar-refractivity contribution is 5.81. The number of aromatic nitrogens is 4. The van der Waals surface area contributed by atoms with Crippen LogP contribution in [0.15, 0.2) is 35.1 Å². The Morgan fingerprint density at radius 2 is 2.03 bits per heavy atom. The molecule has 1 amide bonds. The fourth-order valence-corrected chi connectivity index (χ4v) is 3.69. The number of carbonyl (C=O) groups excluding carboxylic acids is 1. The van der Waals surface area contributed by atoms with Crippen LogP contribution in [0.2, 0.25) is 0 Å². The van der Waals surface area contributed by atoms with Gasteiger partial charge in [-0.3, -0.25) is 9.78 Å². The van der Waals surface area contributed by atoms with Crippen LogP contribution in [0, 0.1) is 20.8 Å². The molecular formula is C23H27N5O3. The van der Waals surface area contributed by atoms with Crippen LogP contribution in [0.3, 0.4) is 0 Å². The van der Waals surface area contributed by atoms with Crippen molar-refractivity contribution in [2.75, 3.05) is 13.1 Å². The fraction of sp³-hybridized carbons (Fsp3) is 0.435. The Balaban J connectivity index is 1.41. The lowest BCUT2D eigenvalue weighted by Gasteiger charge is -2.33. The third-order valence-corrected chi connectivity index (χ3v) is 5.68. The van der Waals surface area contributed by atoms with Gasteiger partial charge in [0.25, 0.3) is 11.8 Å². The Morgan fingerprint density at radius 1 is 1.19 bits per heavy atom. The minimum absolute atomic E-state index is 0.0161. The molecular weight excluding hydrogens is 394 g/mol. The van der Waals surface area contributed by atoms with Crippen molar-refractivity contribution in [3.05, 3.63) is 53.2 Å². The van der Waals surface area contributed by atoms with E-state index in [4.69, 9.17) is 9.26 Å². The van der Waals surface area contributed by atoms with E-state index >= 15 is 0 Å². The molecule has 2 atom stereocenters. The van der Waals surface area contributed by atoms with E-state index in [-0.39, 0.29) is 11.8 Å². The Labute approximate surface area is 181 Å². The molecule has 1 aromatic carbocycles. The maximum Gasteiger partial charge on any atom is 0.278 e. The Kier molecular flexibility index (Phi) is 5.97. The number of carbonyl (C=O) groups is 1. The van der Waals surface area contributed by atoms with Crippen LogP contribution in [-0.2, 0) is 4.79 Å². The SMILES string of the molecule is Cc1cnc(-c2nc(C3CCCN(C(=O)C(C)Oc4ccc(C)c(C)c4)C3)no2)cn1. The van der Waals surface area contributed by atoms with E-state index in [9.17, 15) is 4.79 Å². The zero-order valence-corrected chi connectivity index (χ0v) is 18.3. The topological polar surface area (TPSA) is 94.2 Å². The van der Waals surface area contributed by atoms with Gasteiger partial charge >= 0.3 is 0 Å². The maximum absolute atomic E-state index is 13.0. The number of hydrogen-bond donors (Lipinski definition) is 0. The summed E-state index contributed by atoms with van der Waals surface area (Å²) in [5.74, 6) is 1.63. The standard InChI is InChI=1S/C23H27N5O3/c1-14-7-8-19(10-15(14)2)30-17(4)23(29)28-9-5-6-18(13-28)21-26-22(31-27-21)20-12-24-16(3)11-25-20/h7-8,10-12,17-18H,5-6,9,13H2,1-4H3. The number of aryl methyl sites for hydroxylation is 3. The lowest BCUT2D eigenvalue weighted by molar-refractivity contribution is -0.139. The van der Waals surface area contributed by atoms with Gasteiger partial charge in [-0.15, -0.1) is 0 Å². The van der Waals surface area contributed by atoms with Crippen molar-refractivity contribution in [3.63, 3.8) is 0 Å².